The van der Waals surface area contributed by atoms with Crippen LogP contribution in [-0.2, 0) is 14.3 Å². The van der Waals surface area contributed by atoms with Gasteiger partial charge in [-0.2, -0.15) is 0 Å². The van der Waals surface area contributed by atoms with E-state index in [0.717, 1.165) is 37.0 Å². The maximum Gasteiger partial charge on any atom is 0.331 e. The van der Waals surface area contributed by atoms with Gasteiger partial charge < -0.3 is 4.74 Å². The number of allylic oxidation sites excluding steroid dienone is 2. The van der Waals surface area contributed by atoms with Gasteiger partial charge >= 0.3 is 5.97 Å². The van der Waals surface area contributed by atoms with Crippen LogP contribution in [0.5, 0.6) is 0 Å². The largest absolute Gasteiger partial charge is 0.458 e. The first-order chi connectivity index (χ1) is 12.4. The zero-order valence-corrected chi connectivity index (χ0v) is 16.1. The summed E-state index contributed by atoms with van der Waals surface area (Å²) in [5.41, 5.74) is 3.26. The molecule has 5 aliphatic rings. The molecule has 0 saturated heterocycles. The number of cyclic esters (lactones) is 1. The quantitative estimate of drug-likeness (QED) is 0.510. The summed E-state index contributed by atoms with van der Waals surface area (Å²) in [7, 11) is 0. The van der Waals surface area contributed by atoms with E-state index in [1.54, 1.807) is 6.08 Å². The summed E-state index contributed by atoms with van der Waals surface area (Å²) in [5, 5.41) is 0. The van der Waals surface area contributed by atoms with Crippen molar-refractivity contribution in [2.45, 2.75) is 65.2 Å². The Labute approximate surface area is 156 Å². The van der Waals surface area contributed by atoms with Crippen molar-refractivity contribution >= 4 is 11.8 Å². The molecule has 0 amide bonds. The SMILES string of the molecule is C[C@]12CC[C@H]3[C@@H](CC=C4CC(=O)CC[C@@]43C)[C@@H]1CC[C@@H]2C1=CC(=O)OC1. The fourth-order valence-corrected chi connectivity index (χ4v) is 7.68. The van der Waals surface area contributed by atoms with Crippen molar-refractivity contribution in [3.63, 3.8) is 0 Å². The van der Waals surface area contributed by atoms with Crippen molar-refractivity contribution in [2.24, 2.45) is 34.5 Å². The summed E-state index contributed by atoms with van der Waals surface area (Å²) in [6, 6.07) is 0. The standard InChI is InChI=1S/C23H30O3/c1-22-9-7-16(24)12-15(22)3-4-17-19-6-5-18(14-11-21(25)26-13-14)23(19,2)10-8-20(17)22/h3,11,17-20H,4-10,12-13H2,1-2H3/t17-,18+,19-,20-,22-,23+/m0/s1. The van der Waals surface area contributed by atoms with Gasteiger partial charge in [-0.1, -0.05) is 25.5 Å². The molecule has 6 atom stereocenters. The van der Waals surface area contributed by atoms with E-state index in [1.165, 1.54) is 36.8 Å². The lowest BCUT2D eigenvalue weighted by Gasteiger charge is -2.57. The molecule has 0 aromatic rings. The molecule has 3 heteroatoms. The van der Waals surface area contributed by atoms with E-state index >= 15 is 0 Å². The maximum atomic E-state index is 12.0. The Balaban J connectivity index is 1.46. The van der Waals surface area contributed by atoms with Crippen molar-refractivity contribution in [1.29, 1.82) is 0 Å². The van der Waals surface area contributed by atoms with Crippen LogP contribution in [0.15, 0.2) is 23.3 Å². The molecule has 1 aliphatic heterocycles. The molecule has 0 radical (unpaired) electrons. The first-order valence-electron chi connectivity index (χ1n) is 10.5. The summed E-state index contributed by atoms with van der Waals surface area (Å²) < 4.78 is 5.23. The molecule has 26 heavy (non-hydrogen) atoms. The van der Waals surface area contributed by atoms with E-state index in [4.69, 9.17) is 4.74 Å². The molecule has 140 valence electrons. The van der Waals surface area contributed by atoms with Crippen molar-refractivity contribution in [1.82, 2.24) is 0 Å². The van der Waals surface area contributed by atoms with Gasteiger partial charge in [0, 0.05) is 18.9 Å². The van der Waals surface area contributed by atoms with Crippen LogP contribution in [0.1, 0.15) is 65.2 Å². The fraction of sp³-hybridized carbons (Fsp3) is 0.739. The molecule has 1 heterocycles. The Bertz CT molecular complexity index is 732. The minimum atomic E-state index is -0.148. The Hall–Kier alpha value is -1.38. The molecule has 0 unspecified atom stereocenters. The van der Waals surface area contributed by atoms with Gasteiger partial charge in [0.25, 0.3) is 0 Å². The average molecular weight is 354 g/mol. The monoisotopic (exact) mass is 354 g/mol. The Morgan fingerprint density at radius 2 is 1.92 bits per heavy atom. The third-order valence-electron chi connectivity index (χ3n) is 9.07. The van der Waals surface area contributed by atoms with Gasteiger partial charge in [0.2, 0.25) is 0 Å². The van der Waals surface area contributed by atoms with E-state index in [1.807, 2.05) is 0 Å². The minimum absolute atomic E-state index is 0.148. The summed E-state index contributed by atoms with van der Waals surface area (Å²) in [6.07, 6.45) is 12.9. The number of carbonyl (C=O) groups excluding carboxylic acids is 2. The van der Waals surface area contributed by atoms with Gasteiger partial charge in [0.15, 0.2) is 0 Å². The Kier molecular flexibility index (Phi) is 3.59. The topological polar surface area (TPSA) is 43.4 Å². The van der Waals surface area contributed by atoms with E-state index in [0.29, 0.717) is 30.1 Å². The Morgan fingerprint density at radius 1 is 1.08 bits per heavy atom. The third-order valence-corrected chi connectivity index (χ3v) is 9.07. The normalized spacial score (nSPS) is 47.5. The van der Waals surface area contributed by atoms with Gasteiger partial charge in [-0.3, -0.25) is 4.79 Å². The highest BCUT2D eigenvalue weighted by atomic mass is 16.5. The van der Waals surface area contributed by atoms with Crippen LogP contribution in [-0.4, -0.2) is 18.4 Å². The zero-order chi connectivity index (χ0) is 18.1. The molecule has 0 aromatic heterocycles. The molecule has 3 nitrogen and oxygen atoms in total. The van der Waals surface area contributed by atoms with Gasteiger partial charge in [-0.15, -0.1) is 0 Å². The van der Waals surface area contributed by atoms with Crippen LogP contribution in [0.25, 0.3) is 0 Å². The smallest absolute Gasteiger partial charge is 0.331 e. The summed E-state index contributed by atoms with van der Waals surface area (Å²) in [5.74, 6) is 3.04. The first kappa shape index (κ1) is 16.8. The van der Waals surface area contributed by atoms with E-state index in [2.05, 4.69) is 19.9 Å². The second-order valence-electron chi connectivity index (χ2n) is 9.98. The lowest BCUT2D eigenvalue weighted by molar-refractivity contribution is -0.135. The lowest BCUT2D eigenvalue weighted by Crippen LogP contribution is -2.50. The minimum Gasteiger partial charge on any atom is -0.458 e. The Morgan fingerprint density at radius 3 is 2.69 bits per heavy atom. The first-order valence-corrected chi connectivity index (χ1v) is 10.5. The van der Waals surface area contributed by atoms with Crippen molar-refractivity contribution in [3.05, 3.63) is 23.3 Å². The van der Waals surface area contributed by atoms with Crippen LogP contribution in [0.3, 0.4) is 0 Å². The van der Waals surface area contributed by atoms with Crippen LogP contribution in [0.4, 0.5) is 0 Å². The number of carbonyl (C=O) groups is 2. The molecular weight excluding hydrogens is 324 g/mol. The van der Waals surface area contributed by atoms with Crippen molar-refractivity contribution in [2.75, 3.05) is 6.61 Å². The molecular formula is C23H30O3. The average Bonchev–Trinajstić information content (AvgIpc) is 3.18. The molecule has 3 saturated carbocycles. The number of esters is 1. The number of hydrogen-bond donors (Lipinski definition) is 0. The number of fused-ring (bicyclic) bond motifs is 5. The molecule has 5 rings (SSSR count). The van der Waals surface area contributed by atoms with Crippen molar-refractivity contribution in [3.8, 4) is 0 Å². The summed E-state index contributed by atoms with van der Waals surface area (Å²) >= 11 is 0. The third kappa shape index (κ3) is 2.18. The molecule has 4 aliphatic carbocycles. The number of Topliss-reactive ketones (excluding diaryl/α,β-unsaturated/α-hetero) is 1. The predicted octanol–water partition coefficient (Wildman–Crippen LogP) is 4.62. The van der Waals surface area contributed by atoms with Crippen LogP contribution in [0, 0.1) is 34.5 Å². The van der Waals surface area contributed by atoms with Crippen LogP contribution in [0.2, 0.25) is 0 Å². The second kappa shape index (κ2) is 5.56. The number of hydrogen-bond acceptors (Lipinski definition) is 3. The van der Waals surface area contributed by atoms with Gasteiger partial charge in [0.1, 0.15) is 12.4 Å². The zero-order valence-electron chi connectivity index (χ0n) is 16.1. The number of ketones is 1. The molecule has 3 fully saturated rings. The lowest BCUT2D eigenvalue weighted by atomic mass is 9.47. The highest BCUT2D eigenvalue weighted by Crippen LogP contribution is 2.67. The van der Waals surface area contributed by atoms with E-state index < -0.39 is 0 Å². The van der Waals surface area contributed by atoms with Gasteiger partial charge in [0.05, 0.1) is 0 Å². The van der Waals surface area contributed by atoms with Crippen LogP contribution >= 0.6 is 0 Å². The predicted molar refractivity (Wildman–Crippen MR) is 99.2 cm³/mol. The number of ether oxygens (including phenoxy) is 1. The van der Waals surface area contributed by atoms with Gasteiger partial charge in [-0.05, 0) is 78.6 Å². The second-order valence-corrected chi connectivity index (χ2v) is 9.98. The summed E-state index contributed by atoms with van der Waals surface area (Å²) in [6.45, 7) is 5.45. The molecule has 0 N–H and O–H groups in total. The number of rotatable bonds is 1. The summed E-state index contributed by atoms with van der Waals surface area (Å²) in [4.78, 5) is 23.6. The van der Waals surface area contributed by atoms with Crippen molar-refractivity contribution < 1.29 is 14.3 Å². The van der Waals surface area contributed by atoms with E-state index in [-0.39, 0.29) is 11.4 Å². The highest BCUT2D eigenvalue weighted by Gasteiger charge is 2.59. The molecule has 0 bridgehead atoms. The highest BCUT2D eigenvalue weighted by molar-refractivity contribution is 5.85. The maximum absolute atomic E-state index is 12.0. The van der Waals surface area contributed by atoms with E-state index in [9.17, 15) is 9.59 Å². The van der Waals surface area contributed by atoms with Crippen LogP contribution < -0.4 is 0 Å². The molecule has 0 aromatic carbocycles. The molecule has 0 spiro atoms. The fourth-order valence-electron chi connectivity index (χ4n) is 7.68. The van der Waals surface area contributed by atoms with Gasteiger partial charge in [-0.25, -0.2) is 4.79 Å².